The fourth-order valence-electron chi connectivity index (χ4n) is 4.02. The molecule has 1 atom stereocenters. The Labute approximate surface area is 143 Å². The second-order valence-electron chi connectivity index (χ2n) is 6.46. The van der Waals surface area contributed by atoms with E-state index in [4.69, 9.17) is 4.74 Å². The number of fused-ring (bicyclic) bond motifs is 3. The second kappa shape index (κ2) is 4.98. The number of morpholine rings is 1. The van der Waals surface area contributed by atoms with Crippen LogP contribution in [0.25, 0.3) is 21.8 Å². The van der Waals surface area contributed by atoms with E-state index < -0.39 is 17.4 Å². The van der Waals surface area contributed by atoms with E-state index in [1.165, 1.54) is 9.47 Å². The van der Waals surface area contributed by atoms with Crippen LogP contribution in [0, 0.1) is 0 Å². The first-order valence-corrected chi connectivity index (χ1v) is 8.31. The van der Waals surface area contributed by atoms with Crippen molar-refractivity contribution in [3.63, 3.8) is 0 Å². The van der Waals surface area contributed by atoms with Crippen molar-refractivity contribution >= 4 is 33.5 Å². The van der Waals surface area contributed by atoms with Crippen LogP contribution in [-0.2, 0) is 4.74 Å². The highest BCUT2D eigenvalue weighted by Gasteiger charge is 2.54. The van der Waals surface area contributed by atoms with Crippen molar-refractivity contribution < 1.29 is 19.4 Å². The van der Waals surface area contributed by atoms with Gasteiger partial charge in [0, 0.05) is 29.4 Å². The fraction of sp³-hybridized carbons (Fsp3) is 0.263. The Hall–Kier alpha value is -2.54. The third-order valence-electron chi connectivity index (χ3n) is 5.23. The molecule has 0 spiro atoms. The zero-order valence-corrected chi connectivity index (χ0v) is 13.4. The molecule has 0 amide bonds. The molecule has 6 heteroatoms. The van der Waals surface area contributed by atoms with Crippen molar-refractivity contribution in [1.82, 2.24) is 9.47 Å². The van der Waals surface area contributed by atoms with Crippen molar-refractivity contribution in [1.29, 1.82) is 0 Å². The Morgan fingerprint density at radius 1 is 0.960 bits per heavy atom. The maximum Gasteiger partial charge on any atom is 0.287 e. The Kier molecular flexibility index (Phi) is 2.94. The molecule has 2 aliphatic heterocycles. The number of Topliss-reactive ketones (excluding diaryl/α,β-unsaturated/α-hetero) is 1. The Morgan fingerprint density at radius 2 is 1.68 bits per heavy atom. The quantitative estimate of drug-likeness (QED) is 0.684. The van der Waals surface area contributed by atoms with Crippen molar-refractivity contribution in [3.8, 4) is 0 Å². The van der Waals surface area contributed by atoms with Gasteiger partial charge in [0.15, 0.2) is 0 Å². The number of aliphatic hydroxyl groups is 1. The topological polar surface area (TPSA) is 71.8 Å². The number of ketones is 1. The molecule has 1 saturated heterocycles. The van der Waals surface area contributed by atoms with Gasteiger partial charge in [0.25, 0.3) is 11.6 Å². The van der Waals surface area contributed by atoms with Crippen LogP contribution in [0.1, 0.15) is 15.2 Å². The van der Waals surface area contributed by atoms with Gasteiger partial charge in [-0.25, -0.2) is 0 Å². The summed E-state index contributed by atoms with van der Waals surface area (Å²) in [5.74, 6) is -1.16. The molecule has 6 nitrogen and oxygen atoms in total. The third kappa shape index (κ3) is 1.73. The van der Waals surface area contributed by atoms with E-state index in [1.54, 1.807) is 12.1 Å². The molecule has 1 unspecified atom stereocenters. The molecule has 5 rings (SSSR count). The summed E-state index contributed by atoms with van der Waals surface area (Å²) in [6.07, 6.45) is 0. The summed E-state index contributed by atoms with van der Waals surface area (Å²) < 4.78 is 6.80. The fourth-order valence-corrected chi connectivity index (χ4v) is 4.02. The van der Waals surface area contributed by atoms with E-state index in [1.807, 2.05) is 30.3 Å². The molecular weight excluding hydrogens is 320 g/mol. The largest absolute Gasteiger partial charge is 0.379 e. The van der Waals surface area contributed by atoms with Crippen molar-refractivity contribution in [2.75, 3.05) is 26.3 Å². The summed E-state index contributed by atoms with van der Waals surface area (Å²) in [7, 11) is 0. The van der Waals surface area contributed by atoms with Gasteiger partial charge in [-0.15, -0.1) is 0 Å². The number of para-hydroxylation sites is 2. The van der Waals surface area contributed by atoms with E-state index in [-0.39, 0.29) is 0 Å². The molecule has 0 saturated carbocycles. The molecule has 2 aromatic carbocycles. The minimum atomic E-state index is -2.19. The van der Waals surface area contributed by atoms with Gasteiger partial charge < -0.3 is 9.84 Å². The van der Waals surface area contributed by atoms with Crippen molar-refractivity contribution in [2.45, 2.75) is 5.72 Å². The van der Waals surface area contributed by atoms with E-state index >= 15 is 0 Å². The smallest absolute Gasteiger partial charge is 0.287 e. The van der Waals surface area contributed by atoms with Crippen molar-refractivity contribution in [2.24, 2.45) is 0 Å². The van der Waals surface area contributed by atoms with E-state index in [0.29, 0.717) is 42.9 Å². The summed E-state index contributed by atoms with van der Waals surface area (Å²) in [6.45, 7) is 1.43. The molecular formula is C19H16N2O4. The first-order chi connectivity index (χ1) is 12.1. The molecule has 3 heterocycles. The lowest BCUT2D eigenvalue weighted by Gasteiger charge is -2.41. The molecule has 126 valence electrons. The summed E-state index contributed by atoms with van der Waals surface area (Å²) in [4.78, 5) is 28.0. The number of hydrogen-bond acceptors (Lipinski definition) is 5. The molecule has 2 aliphatic rings. The molecule has 25 heavy (non-hydrogen) atoms. The SMILES string of the molecule is O=C1c2cccc3c4ccccc4n(c23)C(=O)C1(O)N1CCOCC1. The maximum absolute atomic E-state index is 13.3. The first-order valence-electron chi connectivity index (χ1n) is 8.31. The number of carbonyl (C=O) groups excluding carboxylic acids is 2. The van der Waals surface area contributed by atoms with Gasteiger partial charge in [0.2, 0.25) is 5.78 Å². The first kappa shape index (κ1) is 14.8. The van der Waals surface area contributed by atoms with Gasteiger partial charge in [-0.3, -0.25) is 19.1 Å². The third-order valence-corrected chi connectivity index (χ3v) is 5.23. The number of benzene rings is 2. The molecule has 1 N–H and O–H groups in total. The van der Waals surface area contributed by atoms with Crippen LogP contribution < -0.4 is 0 Å². The van der Waals surface area contributed by atoms with Gasteiger partial charge in [0.1, 0.15) is 0 Å². The maximum atomic E-state index is 13.3. The number of carbonyl (C=O) groups is 2. The van der Waals surface area contributed by atoms with Gasteiger partial charge >= 0.3 is 0 Å². The summed E-state index contributed by atoms with van der Waals surface area (Å²) in [5, 5.41) is 13.0. The highest BCUT2D eigenvalue weighted by atomic mass is 16.5. The lowest BCUT2D eigenvalue weighted by molar-refractivity contribution is -0.0928. The lowest BCUT2D eigenvalue weighted by atomic mass is 9.92. The Balaban J connectivity index is 1.85. The van der Waals surface area contributed by atoms with Crippen LogP contribution in [0.2, 0.25) is 0 Å². The van der Waals surface area contributed by atoms with Gasteiger partial charge in [0.05, 0.1) is 24.2 Å². The zero-order chi connectivity index (χ0) is 17.2. The molecule has 0 aliphatic carbocycles. The Morgan fingerprint density at radius 3 is 2.48 bits per heavy atom. The van der Waals surface area contributed by atoms with E-state index in [0.717, 1.165) is 10.8 Å². The normalized spacial score (nSPS) is 24.4. The summed E-state index contributed by atoms with van der Waals surface area (Å²) >= 11 is 0. The van der Waals surface area contributed by atoms with Gasteiger partial charge in [-0.1, -0.05) is 30.3 Å². The standard InChI is InChI=1S/C19H16N2O4/c22-17-14-6-3-5-13-12-4-1-2-7-15(12)21(16(13)14)18(23)19(17,24)20-8-10-25-11-9-20/h1-7,24H,8-11H2. The number of ether oxygens (including phenoxy) is 1. The summed E-state index contributed by atoms with van der Waals surface area (Å²) in [6, 6.07) is 12.9. The molecule has 0 bridgehead atoms. The predicted octanol–water partition coefficient (Wildman–Crippen LogP) is 1.65. The highest BCUT2D eigenvalue weighted by molar-refractivity contribution is 6.30. The number of rotatable bonds is 1. The monoisotopic (exact) mass is 336 g/mol. The minimum absolute atomic E-state index is 0.332. The molecule has 0 radical (unpaired) electrons. The average Bonchev–Trinajstić information content (AvgIpc) is 3.00. The van der Waals surface area contributed by atoms with Gasteiger partial charge in [-0.05, 0) is 12.1 Å². The Bertz CT molecular complexity index is 1050. The van der Waals surface area contributed by atoms with Crippen LogP contribution in [-0.4, -0.2) is 58.3 Å². The van der Waals surface area contributed by atoms with Crippen LogP contribution in [0.3, 0.4) is 0 Å². The number of nitrogens with zero attached hydrogens (tertiary/aromatic N) is 2. The number of aromatic nitrogens is 1. The van der Waals surface area contributed by atoms with Crippen molar-refractivity contribution in [3.05, 3.63) is 48.0 Å². The highest BCUT2D eigenvalue weighted by Crippen LogP contribution is 2.38. The zero-order valence-electron chi connectivity index (χ0n) is 13.4. The number of hydrogen-bond donors (Lipinski definition) is 1. The van der Waals surface area contributed by atoms with Crippen LogP contribution in [0.4, 0.5) is 0 Å². The molecule has 1 aromatic heterocycles. The lowest BCUT2D eigenvalue weighted by Crippen LogP contribution is -2.65. The minimum Gasteiger partial charge on any atom is -0.379 e. The average molecular weight is 336 g/mol. The van der Waals surface area contributed by atoms with E-state index in [2.05, 4.69) is 0 Å². The predicted molar refractivity (Wildman–Crippen MR) is 91.7 cm³/mol. The van der Waals surface area contributed by atoms with E-state index in [9.17, 15) is 14.7 Å². The van der Waals surface area contributed by atoms with Crippen LogP contribution in [0.5, 0.6) is 0 Å². The second-order valence-corrected chi connectivity index (χ2v) is 6.46. The summed E-state index contributed by atoms with van der Waals surface area (Å²) in [5.41, 5.74) is -0.527. The van der Waals surface area contributed by atoms with Crippen LogP contribution >= 0.6 is 0 Å². The molecule has 1 fully saturated rings. The molecule has 3 aromatic rings. The van der Waals surface area contributed by atoms with Gasteiger partial charge in [-0.2, -0.15) is 0 Å². The van der Waals surface area contributed by atoms with Crippen LogP contribution in [0.15, 0.2) is 42.5 Å².